The quantitative estimate of drug-likeness (QED) is 0.460. The fraction of sp³-hybridized carbons (Fsp3) is 0.200. The topological polar surface area (TPSA) is 72.8 Å². The maximum atomic E-state index is 10.7. The molecule has 0 saturated heterocycles. The molecule has 0 aliphatic heterocycles. The van der Waals surface area contributed by atoms with Crippen LogP contribution in [-0.4, -0.2) is 24.5 Å². The molecule has 0 heterocycles. The summed E-state index contributed by atoms with van der Waals surface area (Å²) in [5.74, 6) is -0.528. The molecule has 15 heavy (non-hydrogen) atoms. The van der Waals surface area contributed by atoms with E-state index in [4.69, 9.17) is 9.47 Å². The third-order valence-corrected chi connectivity index (χ3v) is 1.69. The lowest BCUT2D eigenvalue weighted by atomic mass is 10.2. The maximum absolute atomic E-state index is 10.7. The average molecular weight is 210 g/mol. The van der Waals surface area contributed by atoms with Crippen LogP contribution in [0, 0.1) is 0 Å². The fourth-order valence-electron chi connectivity index (χ4n) is 1.10. The number of carbonyl (C=O) groups is 2. The molecule has 0 aliphatic rings. The van der Waals surface area contributed by atoms with Gasteiger partial charge in [-0.3, -0.25) is 9.59 Å². The van der Waals surface area contributed by atoms with Gasteiger partial charge in [0.1, 0.15) is 17.2 Å². The highest BCUT2D eigenvalue weighted by atomic mass is 16.5. The molecule has 1 N–H and O–H groups in total. The van der Waals surface area contributed by atoms with Gasteiger partial charge in [0, 0.05) is 19.1 Å². The summed E-state index contributed by atoms with van der Waals surface area (Å²) in [4.78, 5) is 21.3. The van der Waals surface area contributed by atoms with Crippen molar-refractivity contribution in [2.75, 3.05) is 7.11 Å². The second kappa shape index (κ2) is 4.45. The van der Waals surface area contributed by atoms with Gasteiger partial charge >= 0.3 is 5.97 Å². The fourth-order valence-corrected chi connectivity index (χ4v) is 1.10. The molecular weight excluding hydrogens is 200 g/mol. The Bertz CT molecular complexity index is 397. The van der Waals surface area contributed by atoms with Gasteiger partial charge in [-0.15, -0.1) is 0 Å². The molecule has 0 aliphatic carbocycles. The molecule has 80 valence electrons. The van der Waals surface area contributed by atoms with Crippen LogP contribution in [0.25, 0.3) is 0 Å². The minimum Gasteiger partial charge on any atom is -0.507 e. The molecule has 5 nitrogen and oxygen atoms in total. The number of hydrogen-bond donors (Lipinski definition) is 1. The number of esters is 1. The minimum absolute atomic E-state index is 0.0217. The maximum Gasteiger partial charge on any atom is 0.308 e. The van der Waals surface area contributed by atoms with Crippen LogP contribution in [-0.2, 0) is 4.79 Å². The first-order chi connectivity index (χ1) is 7.08. The highest BCUT2D eigenvalue weighted by molar-refractivity contribution is 5.84. The molecule has 0 amide bonds. The van der Waals surface area contributed by atoms with Crippen LogP contribution in [0.1, 0.15) is 17.3 Å². The Morgan fingerprint density at radius 1 is 1.47 bits per heavy atom. The summed E-state index contributed by atoms with van der Waals surface area (Å²) in [6.45, 7) is 1.23. The van der Waals surface area contributed by atoms with E-state index in [0.717, 1.165) is 0 Å². The van der Waals surface area contributed by atoms with Crippen molar-refractivity contribution in [2.24, 2.45) is 0 Å². The van der Waals surface area contributed by atoms with Crippen molar-refractivity contribution in [2.45, 2.75) is 6.92 Å². The Balaban J connectivity index is 3.19. The number of methoxy groups -OCH3 is 1. The molecule has 0 radical (unpaired) electrons. The zero-order valence-corrected chi connectivity index (χ0v) is 8.31. The van der Waals surface area contributed by atoms with Crippen LogP contribution in [0.4, 0.5) is 0 Å². The predicted octanol–water partition coefficient (Wildman–Crippen LogP) is 1.14. The van der Waals surface area contributed by atoms with Gasteiger partial charge in [-0.1, -0.05) is 0 Å². The minimum atomic E-state index is -0.518. The summed E-state index contributed by atoms with van der Waals surface area (Å²) in [6.07, 6.45) is 0.464. The summed E-state index contributed by atoms with van der Waals surface area (Å²) >= 11 is 0. The molecule has 0 spiro atoms. The number of phenolic OH excluding ortho intramolecular Hbond substituents is 1. The van der Waals surface area contributed by atoms with Crippen molar-refractivity contribution >= 4 is 12.3 Å². The molecule has 0 bridgehead atoms. The van der Waals surface area contributed by atoms with E-state index in [-0.39, 0.29) is 22.8 Å². The molecular formula is C10H10O5. The normalized spacial score (nSPS) is 9.47. The SMILES string of the molecule is COc1cc(OC(C)=O)cc(O)c1C=O. The lowest BCUT2D eigenvalue weighted by molar-refractivity contribution is -0.131. The van der Waals surface area contributed by atoms with E-state index in [1.807, 2.05) is 0 Å². The number of hydrogen-bond acceptors (Lipinski definition) is 5. The molecule has 0 aromatic heterocycles. The lowest BCUT2D eigenvalue weighted by Crippen LogP contribution is -2.02. The lowest BCUT2D eigenvalue weighted by Gasteiger charge is -2.08. The standard InChI is InChI=1S/C10H10O5/c1-6(12)15-7-3-9(13)8(5-11)10(4-7)14-2/h3-5,13H,1-2H3. The van der Waals surface area contributed by atoms with Crippen LogP contribution in [0.5, 0.6) is 17.2 Å². The van der Waals surface area contributed by atoms with Crippen LogP contribution in [0.2, 0.25) is 0 Å². The Labute approximate surface area is 86.2 Å². The monoisotopic (exact) mass is 210 g/mol. The highest BCUT2D eigenvalue weighted by Gasteiger charge is 2.11. The summed E-state index contributed by atoms with van der Waals surface area (Å²) < 4.78 is 9.60. The molecule has 5 heteroatoms. The molecule has 0 fully saturated rings. The van der Waals surface area contributed by atoms with Gasteiger partial charge in [-0.25, -0.2) is 0 Å². The third kappa shape index (κ3) is 2.46. The van der Waals surface area contributed by atoms with Crippen LogP contribution >= 0.6 is 0 Å². The van der Waals surface area contributed by atoms with Gasteiger partial charge < -0.3 is 14.6 Å². The van der Waals surface area contributed by atoms with Crippen molar-refractivity contribution in [1.29, 1.82) is 0 Å². The first-order valence-corrected chi connectivity index (χ1v) is 4.13. The van der Waals surface area contributed by atoms with E-state index in [1.165, 1.54) is 26.2 Å². The number of phenols is 1. The van der Waals surface area contributed by atoms with Gasteiger partial charge in [0.2, 0.25) is 0 Å². The van der Waals surface area contributed by atoms with Gasteiger partial charge in [0.05, 0.1) is 12.7 Å². The second-order valence-corrected chi connectivity index (χ2v) is 2.77. The van der Waals surface area contributed by atoms with Gasteiger partial charge in [-0.05, 0) is 0 Å². The molecule has 1 aromatic rings. The average Bonchev–Trinajstić information content (AvgIpc) is 2.15. The largest absolute Gasteiger partial charge is 0.507 e. The van der Waals surface area contributed by atoms with Gasteiger partial charge in [-0.2, -0.15) is 0 Å². The van der Waals surface area contributed by atoms with Crippen molar-refractivity contribution in [3.8, 4) is 17.2 Å². The Kier molecular flexibility index (Phi) is 3.28. The Morgan fingerprint density at radius 3 is 2.60 bits per heavy atom. The Morgan fingerprint density at radius 2 is 2.13 bits per heavy atom. The van der Waals surface area contributed by atoms with Gasteiger partial charge in [0.15, 0.2) is 6.29 Å². The number of carbonyl (C=O) groups excluding carboxylic acids is 2. The van der Waals surface area contributed by atoms with E-state index >= 15 is 0 Å². The van der Waals surface area contributed by atoms with Crippen molar-refractivity contribution in [3.63, 3.8) is 0 Å². The summed E-state index contributed by atoms with van der Waals surface area (Å²) in [5, 5.41) is 9.41. The number of rotatable bonds is 3. The van der Waals surface area contributed by atoms with Crippen molar-refractivity contribution < 1.29 is 24.2 Å². The number of aldehydes is 1. The highest BCUT2D eigenvalue weighted by Crippen LogP contribution is 2.31. The number of aromatic hydroxyl groups is 1. The zero-order chi connectivity index (χ0) is 11.4. The number of benzene rings is 1. The Hall–Kier alpha value is -2.04. The summed E-state index contributed by atoms with van der Waals surface area (Å²) in [5.41, 5.74) is 0.0217. The van der Waals surface area contributed by atoms with Crippen LogP contribution < -0.4 is 9.47 Å². The van der Waals surface area contributed by atoms with Crippen LogP contribution in [0.15, 0.2) is 12.1 Å². The molecule has 1 rings (SSSR count). The van der Waals surface area contributed by atoms with E-state index in [1.54, 1.807) is 0 Å². The number of ether oxygens (including phenoxy) is 2. The first kappa shape index (κ1) is 11.0. The summed E-state index contributed by atoms with van der Waals surface area (Å²) in [7, 11) is 1.35. The second-order valence-electron chi connectivity index (χ2n) is 2.77. The van der Waals surface area contributed by atoms with E-state index in [0.29, 0.717) is 6.29 Å². The van der Waals surface area contributed by atoms with Crippen LogP contribution in [0.3, 0.4) is 0 Å². The first-order valence-electron chi connectivity index (χ1n) is 4.13. The molecule has 0 saturated carbocycles. The predicted molar refractivity (Wildman–Crippen MR) is 51.4 cm³/mol. The summed E-state index contributed by atoms with van der Waals surface area (Å²) in [6, 6.07) is 2.53. The van der Waals surface area contributed by atoms with Gasteiger partial charge in [0.25, 0.3) is 0 Å². The zero-order valence-electron chi connectivity index (χ0n) is 8.31. The smallest absolute Gasteiger partial charge is 0.308 e. The molecule has 1 aromatic carbocycles. The van der Waals surface area contributed by atoms with Crippen molar-refractivity contribution in [3.05, 3.63) is 17.7 Å². The van der Waals surface area contributed by atoms with Crippen molar-refractivity contribution in [1.82, 2.24) is 0 Å². The van der Waals surface area contributed by atoms with E-state index < -0.39 is 5.97 Å². The molecule has 0 atom stereocenters. The van der Waals surface area contributed by atoms with E-state index in [9.17, 15) is 14.7 Å². The van der Waals surface area contributed by atoms with E-state index in [2.05, 4.69) is 0 Å². The third-order valence-electron chi connectivity index (χ3n) is 1.69. The molecule has 0 unspecified atom stereocenters.